The molecule has 0 bridgehead atoms. The molecule has 1 atom stereocenters. The molecule has 1 aromatic rings. The minimum atomic E-state index is -0.464. The van der Waals surface area contributed by atoms with Gasteiger partial charge in [0.2, 0.25) is 0 Å². The number of anilines is 1. The first-order chi connectivity index (χ1) is 9.33. The van der Waals surface area contributed by atoms with E-state index in [1.165, 1.54) is 0 Å². The number of phenols is 1. The molecular formula is C15H22N2O3. The van der Waals surface area contributed by atoms with Crippen LogP contribution < -0.4 is 5.32 Å². The number of benzene rings is 1. The maximum absolute atomic E-state index is 11.9. The molecule has 0 radical (unpaired) electrons. The molecule has 1 saturated heterocycles. The average Bonchev–Trinajstić information content (AvgIpc) is 2.75. The van der Waals surface area contributed by atoms with Crippen molar-refractivity contribution in [2.24, 2.45) is 0 Å². The van der Waals surface area contributed by atoms with Crippen molar-refractivity contribution in [2.75, 3.05) is 18.4 Å². The van der Waals surface area contributed by atoms with E-state index in [0.717, 1.165) is 12.1 Å². The molecule has 1 aliphatic heterocycles. The summed E-state index contributed by atoms with van der Waals surface area (Å²) in [6, 6.07) is 7.18. The van der Waals surface area contributed by atoms with Crippen molar-refractivity contribution in [1.82, 2.24) is 4.90 Å². The van der Waals surface area contributed by atoms with Crippen LogP contribution in [-0.2, 0) is 4.74 Å². The molecule has 0 saturated carbocycles. The molecule has 1 aliphatic rings. The van der Waals surface area contributed by atoms with E-state index in [1.807, 2.05) is 26.8 Å². The lowest BCUT2D eigenvalue weighted by atomic mass is 10.2. The number of nitrogens with one attached hydrogen (secondary N) is 1. The lowest BCUT2D eigenvalue weighted by molar-refractivity contribution is 0.0293. The lowest BCUT2D eigenvalue weighted by Gasteiger charge is -2.24. The van der Waals surface area contributed by atoms with Crippen LogP contribution >= 0.6 is 0 Å². The molecule has 110 valence electrons. The largest absolute Gasteiger partial charge is 0.508 e. The van der Waals surface area contributed by atoms with E-state index in [1.54, 1.807) is 23.1 Å². The molecule has 1 fully saturated rings. The van der Waals surface area contributed by atoms with Crippen LogP contribution in [0.4, 0.5) is 10.5 Å². The van der Waals surface area contributed by atoms with Crippen LogP contribution in [0.5, 0.6) is 5.75 Å². The monoisotopic (exact) mass is 278 g/mol. The Labute approximate surface area is 119 Å². The van der Waals surface area contributed by atoms with Gasteiger partial charge in [-0.1, -0.05) is 6.07 Å². The van der Waals surface area contributed by atoms with Crippen LogP contribution in [-0.4, -0.2) is 40.8 Å². The number of nitrogens with zero attached hydrogens (tertiary/aromatic N) is 1. The van der Waals surface area contributed by atoms with E-state index in [9.17, 15) is 9.90 Å². The van der Waals surface area contributed by atoms with Crippen LogP contribution in [0.15, 0.2) is 24.3 Å². The van der Waals surface area contributed by atoms with Crippen molar-refractivity contribution in [3.8, 4) is 5.75 Å². The molecule has 1 amide bonds. The van der Waals surface area contributed by atoms with E-state index < -0.39 is 5.60 Å². The second kappa shape index (κ2) is 5.61. The third-order valence-corrected chi connectivity index (χ3v) is 3.06. The topological polar surface area (TPSA) is 61.8 Å². The lowest BCUT2D eigenvalue weighted by Crippen LogP contribution is -2.36. The highest BCUT2D eigenvalue weighted by atomic mass is 16.6. The number of hydrogen-bond acceptors (Lipinski definition) is 4. The average molecular weight is 278 g/mol. The molecule has 1 unspecified atom stereocenters. The van der Waals surface area contributed by atoms with Gasteiger partial charge < -0.3 is 20.1 Å². The summed E-state index contributed by atoms with van der Waals surface area (Å²) in [7, 11) is 0. The third kappa shape index (κ3) is 4.05. The first kappa shape index (κ1) is 14.5. The molecule has 1 heterocycles. The number of carbonyl (C=O) groups is 1. The molecule has 0 aliphatic carbocycles. The maximum Gasteiger partial charge on any atom is 0.410 e. The molecule has 0 aromatic heterocycles. The Morgan fingerprint density at radius 2 is 2.20 bits per heavy atom. The predicted octanol–water partition coefficient (Wildman–Crippen LogP) is 2.81. The minimum absolute atomic E-state index is 0.185. The fourth-order valence-electron chi connectivity index (χ4n) is 2.20. The number of carbonyl (C=O) groups excluding carboxylic acids is 1. The molecule has 2 rings (SSSR count). The highest BCUT2D eigenvalue weighted by Crippen LogP contribution is 2.21. The van der Waals surface area contributed by atoms with Crippen molar-refractivity contribution >= 4 is 11.8 Å². The zero-order valence-electron chi connectivity index (χ0n) is 12.2. The van der Waals surface area contributed by atoms with Crippen LogP contribution in [0.1, 0.15) is 27.2 Å². The highest BCUT2D eigenvalue weighted by Gasteiger charge is 2.29. The van der Waals surface area contributed by atoms with E-state index >= 15 is 0 Å². The molecule has 5 heteroatoms. The van der Waals surface area contributed by atoms with Crippen molar-refractivity contribution < 1.29 is 14.6 Å². The molecule has 5 nitrogen and oxygen atoms in total. The fraction of sp³-hybridized carbons (Fsp3) is 0.533. The Kier molecular flexibility index (Phi) is 4.06. The quantitative estimate of drug-likeness (QED) is 0.873. The Bertz CT molecular complexity index is 482. The van der Waals surface area contributed by atoms with Gasteiger partial charge in [0.25, 0.3) is 0 Å². The Morgan fingerprint density at radius 3 is 2.85 bits per heavy atom. The minimum Gasteiger partial charge on any atom is -0.508 e. The predicted molar refractivity (Wildman–Crippen MR) is 77.9 cm³/mol. The Hall–Kier alpha value is -1.91. The summed E-state index contributed by atoms with van der Waals surface area (Å²) in [5, 5.41) is 12.8. The number of amides is 1. The number of hydrogen-bond donors (Lipinski definition) is 2. The molecule has 2 N–H and O–H groups in total. The van der Waals surface area contributed by atoms with Crippen molar-refractivity contribution in [1.29, 1.82) is 0 Å². The normalized spacial score (nSPS) is 18.9. The summed E-state index contributed by atoms with van der Waals surface area (Å²) in [5.74, 6) is 0.233. The summed E-state index contributed by atoms with van der Waals surface area (Å²) in [5.41, 5.74) is 0.398. The Morgan fingerprint density at radius 1 is 1.45 bits per heavy atom. The first-order valence-corrected chi connectivity index (χ1v) is 6.87. The van der Waals surface area contributed by atoms with Gasteiger partial charge in [-0.05, 0) is 39.3 Å². The first-order valence-electron chi connectivity index (χ1n) is 6.87. The number of rotatable bonds is 2. The zero-order valence-corrected chi connectivity index (χ0v) is 12.2. The van der Waals surface area contributed by atoms with Gasteiger partial charge in [0.05, 0.1) is 0 Å². The maximum atomic E-state index is 11.9. The van der Waals surface area contributed by atoms with Crippen LogP contribution in [0.2, 0.25) is 0 Å². The third-order valence-electron chi connectivity index (χ3n) is 3.06. The Balaban J connectivity index is 1.88. The van der Waals surface area contributed by atoms with Gasteiger partial charge in [0.1, 0.15) is 11.4 Å². The number of ether oxygens (including phenoxy) is 1. The van der Waals surface area contributed by atoms with Gasteiger partial charge in [0.15, 0.2) is 0 Å². The van der Waals surface area contributed by atoms with Crippen LogP contribution in [0.25, 0.3) is 0 Å². The van der Waals surface area contributed by atoms with E-state index in [4.69, 9.17) is 4.74 Å². The van der Waals surface area contributed by atoms with Crippen molar-refractivity contribution in [2.45, 2.75) is 38.8 Å². The summed E-state index contributed by atoms with van der Waals surface area (Å²) in [6.07, 6.45) is 0.604. The van der Waals surface area contributed by atoms with Gasteiger partial charge in [-0.3, -0.25) is 0 Å². The van der Waals surface area contributed by atoms with Gasteiger partial charge >= 0.3 is 6.09 Å². The summed E-state index contributed by atoms with van der Waals surface area (Å²) in [6.45, 7) is 6.90. The fourth-order valence-corrected chi connectivity index (χ4v) is 2.20. The number of phenolic OH excluding ortho intramolecular Hbond substituents is 1. The highest BCUT2D eigenvalue weighted by molar-refractivity contribution is 5.68. The number of aromatic hydroxyl groups is 1. The van der Waals surface area contributed by atoms with Gasteiger partial charge in [0, 0.05) is 30.9 Å². The van der Waals surface area contributed by atoms with Gasteiger partial charge in [-0.15, -0.1) is 0 Å². The summed E-state index contributed by atoms with van der Waals surface area (Å²) in [4.78, 5) is 13.7. The zero-order chi connectivity index (χ0) is 14.8. The smallest absolute Gasteiger partial charge is 0.410 e. The van der Waals surface area contributed by atoms with E-state index in [0.29, 0.717) is 13.1 Å². The number of likely N-dealkylation sites (tertiary alicyclic amines) is 1. The van der Waals surface area contributed by atoms with Crippen LogP contribution in [0, 0.1) is 0 Å². The molecule has 20 heavy (non-hydrogen) atoms. The summed E-state index contributed by atoms with van der Waals surface area (Å²) >= 11 is 0. The van der Waals surface area contributed by atoms with E-state index in [2.05, 4.69) is 5.32 Å². The summed E-state index contributed by atoms with van der Waals surface area (Å²) < 4.78 is 5.36. The van der Waals surface area contributed by atoms with Gasteiger partial charge in [-0.25, -0.2) is 4.79 Å². The second-order valence-electron chi connectivity index (χ2n) is 6.11. The molecule has 1 aromatic carbocycles. The van der Waals surface area contributed by atoms with E-state index in [-0.39, 0.29) is 17.9 Å². The molecular weight excluding hydrogens is 256 g/mol. The molecule has 0 spiro atoms. The standard InChI is InChI=1S/C15H22N2O3/c1-15(2,3)20-14(19)17-8-7-12(10-17)16-11-5-4-6-13(18)9-11/h4-6,9,12,16,18H,7-8,10H2,1-3H3. The van der Waals surface area contributed by atoms with Crippen molar-refractivity contribution in [3.63, 3.8) is 0 Å². The van der Waals surface area contributed by atoms with Crippen molar-refractivity contribution in [3.05, 3.63) is 24.3 Å². The van der Waals surface area contributed by atoms with Gasteiger partial charge in [-0.2, -0.15) is 0 Å². The SMILES string of the molecule is CC(C)(C)OC(=O)N1CCC(Nc2cccc(O)c2)C1. The second-order valence-corrected chi connectivity index (χ2v) is 6.11. The van der Waals surface area contributed by atoms with Crippen LogP contribution in [0.3, 0.4) is 0 Å².